The lowest BCUT2D eigenvalue weighted by Crippen LogP contribution is -2.34. The molecule has 6 heteroatoms. The van der Waals surface area contributed by atoms with E-state index in [1.165, 1.54) is 41.6 Å². The third-order valence-corrected chi connectivity index (χ3v) is 7.50. The monoisotopic (exact) mass is 437 g/mol. The largest absolute Gasteiger partial charge is 0.487 e. The van der Waals surface area contributed by atoms with Crippen molar-refractivity contribution in [1.82, 2.24) is 25.2 Å². The van der Waals surface area contributed by atoms with Crippen molar-refractivity contribution in [3.63, 3.8) is 0 Å². The Kier molecular flexibility index (Phi) is 4.93. The molecule has 4 aromatic rings. The normalized spacial score (nSPS) is 23.7. The molecule has 0 unspecified atom stereocenters. The second kappa shape index (κ2) is 8.10. The minimum absolute atomic E-state index is 0.0662. The molecule has 0 radical (unpaired) electrons. The first-order chi connectivity index (χ1) is 16.2. The Morgan fingerprint density at radius 1 is 0.970 bits per heavy atom. The van der Waals surface area contributed by atoms with E-state index >= 15 is 0 Å². The van der Waals surface area contributed by atoms with Gasteiger partial charge < -0.3 is 4.74 Å². The van der Waals surface area contributed by atoms with Crippen molar-refractivity contribution in [2.45, 2.75) is 37.7 Å². The summed E-state index contributed by atoms with van der Waals surface area (Å²) in [5.41, 5.74) is 4.79. The van der Waals surface area contributed by atoms with Crippen LogP contribution >= 0.6 is 0 Å². The highest BCUT2D eigenvalue weighted by molar-refractivity contribution is 5.56. The lowest BCUT2D eigenvalue weighted by molar-refractivity contribution is 0.299. The Hall–Kier alpha value is -3.54. The lowest BCUT2D eigenvalue weighted by Gasteiger charge is -2.39. The number of tetrazole rings is 1. The number of aryl methyl sites for hydroxylation is 1. The summed E-state index contributed by atoms with van der Waals surface area (Å²) in [4.78, 5) is 5.84. The van der Waals surface area contributed by atoms with Gasteiger partial charge in [0.05, 0.1) is 12.7 Å². The number of hydrogen-bond donors (Lipinski definition) is 0. The summed E-state index contributed by atoms with van der Waals surface area (Å²) in [6, 6.07) is 23.5. The smallest absolute Gasteiger partial charge is 0.204 e. The Labute approximate surface area is 193 Å². The van der Waals surface area contributed by atoms with E-state index in [-0.39, 0.29) is 5.41 Å². The molecule has 0 N–H and O–H groups in total. The van der Waals surface area contributed by atoms with Crippen LogP contribution in [-0.2, 0) is 19.1 Å². The first-order valence-electron chi connectivity index (χ1n) is 11.7. The summed E-state index contributed by atoms with van der Waals surface area (Å²) in [5, 5.41) is 12.5. The van der Waals surface area contributed by atoms with Crippen molar-refractivity contribution in [1.29, 1.82) is 0 Å². The summed E-state index contributed by atoms with van der Waals surface area (Å²) >= 11 is 0. The number of nitrogens with zero attached hydrogens (tertiary/aromatic N) is 5. The predicted octanol–water partition coefficient (Wildman–Crippen LogP) is 4.96. The van der Waals surface area contributed by atoms with Crippen molar-refractivity contribution in [2.75, 3.05) is 0 Å². The van der Waals surface area contributed by atoms with E-state index in [9.17, 15) is 0 Å². The second-order valence-electron chi connectivity index (χ2n) is 9.37. The van der Waals surface area contributed by atoms with Gasteiger partial charge in [0, 0.05) is 17.2 Å². The number of benzene rings is 2. The van der Waals surface area contributed by atoms with Crippen LogP contribution in [0.2, 0.25) is 0 Å². The molecule has 2 heterocycles. The molecule has 3 atom stereocenters. The molecule has 0 aliphatic heterocycles. The van der Waals surface area contributed by atoms with Crippen LogP contribution in [0.5, 0.6) is 5.75 Å². The zero-order valence-electron chi connectivity index (χ0n) is 18.8. The van der Waals surface area contributed by atoms with Gasteiger partial charge in [-0.1, -0.05) is 48.9 Å². The Morgan fingerprint density at radius 3 is 2.36 bits per heavy atom. The van der Waals surface area contributed by atoms with Gasteiger partial charge in [-0.3, -0.25) is 4.98 Å². The zero-order chi connectivity index (χ0) is 22.3. The van der Waals surface area contributed by atoms with Crippen LogP contribution < -0.4 is 4.74 Å². The van der Waals surface area contributed by atoms with Crippen LogP contribution in [0.1, 0.15) is 42.5 Å². The molecule has 0 amide bonds. The number of aromatic nitrogens is 5. The van der Waals surface area contributed by atoms with E-state index in [4.69, 9.17) is 4.74 Å². The third-order valence-electron chi connectivity index (χ3n) is 7.50. The van der Waals surface area contributed by atoms with Gasteiger partial charge in [0.25, 0.3) is 0 Å². The minimum atomic E-state index is 0.0662. The molecule has 0 saturated heterocycles. The Morgan fingerprint density at radius 2 is 1.76 bits per heavy atom. The number of pyridine rings is 1. The number of fused-ring (bicyclic) bond motifs is 2. The Bertz CT molecular complexity index is 1240. The molecule has 6 nitrogen and oxygen atoms in total. The SMILES string of the molecule is Cn1nnc(-c2ccc([C@]3(c4ccc(OCc5ccccn5)cc4)C[C@@H]4CC[C@H]3C4)cc2)n1. The molecule has 33 heavy (non-hydrogen) atoms. The van der Waals surface area contributed by atoms with Gasteiger partial charge in [-0.15, -0.1) is 10.2 Å². The first-order valence-corrected chi connectivity index (χ1v) is 11.7. The summed E-state index contributed by atoms with van der Waals surface area (Å²) in [5.74, 6) is 3.05. The summed E-state index contributed by atoms with van der Waals surface area (Å²) in [6.07, 6.45) is 7.00. The van der Waals surface area contributed by atoms with Crippen molar-refractivity contribution < 1.29 is 4.74 Å². The molecular weight excluding hydrogens is 410 g/mol. The molecule has 0 spiro atoms. The van der Waals surface area contributed by atoms with Crippen molar-refractivity contribution in [2.24, 2.45) is 18.9 Å². The van der Waals surface area contributed by atoms with Gasteiger partial charge in [-0.25, -0.2) is 0 Å². The molecular formula is C27H27N5O. The van der Waals surface area contributed by atoms with E-state index in [1.54, 1.807) is 13.2 Å². The molecule has 2 bridgehead atoms. The summed E-state index contributed by atoms with van der Waals surface area (Å²) in [7, 11) is 1.79. The quantitative estimate of drug-likeness (QED) is 0.427. The molecule has 6 rings (SSSR count). The minimum Gasteiger partial charge on any atom is -0.487 e. The van der Waals surface area contributed by atoms with Crippen LogP contribution in [0.3, 0.4) is 0 Å². The van der Waals surface area contributed by atoms with Crippen LogP contribution in [-0.4, -0.2) is 25.2 Å². The highest BCUT2D eigenvalue weighted by Gasteiger charge is 2.52. The van der Waals surface area contributed by atoms with Gasteiger partial charge in [-0.2, -0.15) is 4.80 Å². The van der Waals surface area contributed by atoms with E-state index < -0.39 is 0 Å². The van der Waals surface area contributed by atoms with Gasteiger partial charge in [0.1, 0.15) is 12.4 Å². The summed E-state index contributed by atoms with van der Waals surface area (Å²) in [6.45, 7) is 0.480. The van der Waals surface area contributed by atoms with E-state index in [0.29, 0.717) is 18.3 Å². The fraction of sp³-hybridized carbons (Fsp3) is 0.333. The molecule has 2 fully saturated rings. The topological polar surface area (TPSA) is 65.7 Å². The average molecular weight is 438 g/mol. The maximum absolute atomic E-state index is 5.99. The first kappa shape index (κ1) is 20.1. The van der Waals surface area contributed by atoms with Crippen LogP contribution in [0, 0.1) is 11.8 Å². The van der Waals surface area contributed by atoms with Crippen molar-refractivity contribution >= 4 is 0 Å². The number of rotatable bonds is 6. The standard InChI is InChI=1S/C27H27N5O/c1-32-30-26(29-31-32)20-6-9-21(10-7-20)27(17-19-5-8-23(27)16-19)22-11-13-25(14-12-22)33-18-24-4-2-3-15-28-24/h2-4,6-7,9-15,19,23H,5,8,16-18H2,1H3/t19-,23+,27+/m1/s1. The maximum atomic E-state index is 5.99. The van der Waals surface area contributed by atoms with E-state index in [0.717, 1.165) is 22.9 Å². The summed E-state index contributed by atoms with van der Waals surface area (Å²) < 4.78 is 5.99. The third kappa shape index (κ3) is 3.59. The molecule has 2 aromatic heterocycles. The van der Waals surface area contributed by atoms with Crippen LogP contribution in [0.25, 0.3) is 11.4 Å². The fourth-order valence-corrected chi connectivity index (χ4v) is 6.01. The predicted molar refractivity (Wildman–Crippen MR) is 125 cm³/mol. The number of hydrogen-bond acceptors (Lipinski definition) is 5. The molecule has 166 valence electrons. The molecule has 2 aromatic carbocycles. The lowest BCUT2D eigenvalue weighted by atomic mass is 9.64. The second-order valence-corrected chi connectivity index (χ2v) is 9.37. The van der Waals surface area contributed by atoms with E-state index in [2.05, 4.69) is 68.9 Å². The Balaban J connectivity index is 1.29. The van der Waals surface area contributed by atoms with Crippen LogP contribution in [0.4, 0.5) is 0 Å². The molecule has 2 saturated carbocycles. The van der Waals surface area contributed by atoms with E-state index in [1.807, 2.05) is 18.2 Å². The number of ether oxygens (including phenoxy) is 1. The van der Waals surface area contributed by atoms with Gasteiger partial charge in [-0.05, 0) is 71.7 Å². The van der Waals surface area contributed by atoms with Crippen LogP contribution in [0.15, 0.2) is 72.9 Å². The highest BCUT2D eigenvalue weighted by atomic mass is 16.5. The molecule has 2 aliphatic carbocycles. The van der Waals surface area contributed by atoms with Crippen molar-refractivity contribution in [3.05, 3.63) is 89.7 Å². The molecule has 2 aliphatic rings. The van der Waals surface area contributed by atoms with Gasteiger partial charge in [0.2, 0.25) is 5.82 Å². The van der Waals surface area contributed by atoms with Crippen molar-refractivity contribution in [3.8, 4) is 17.1 Å². The average Bonchev–Trinajstić information content (AvgIpc) is 3.61. The highest BCUT2D eigenvalue weighted by Crippen LogP contribution is 2.60. The maximum Gasteiger partial charge on any atom is 0.204 e. The van der Waals surface area contributed by atoms with Gasteiger partial charge >= 0.3 is 0 Å². The van der Waals surface area contributed by atoms with Gasteiger partial charge in [0.15, 0.2) is 0 Å². The zero-order valence-corrected chi connectivity index (χ0v) is 18.8. The fourth-order valence-electron chi connectivity index (χ4n) is 6.01.